The van der Waals surface area contributed by atoms with Crippen LogP contribution in [-0.2, 0) is 28.7 Å². The van der Waals surface area contributed by atoms with E-state index in [-0.39, 0.29) is 23.3 Å². The Morgan fingerprint density at radius 1 is 1.15 bits per heavy atom. The van der Waals surface area contributed by atoms with Crippen LogP contribution in [0.1, 0.15) is 54.4 Å². The maximum absolute atomic E-state index is 12.9. The van der Waals surface area contributed by atoms with E-state index in [0.29, 0.717) is 12.8 Å². The Hall–Kier alpha value is -1.57. The smallest absolute Gasteiger partial charge is 0.328 e. The zero-order valence-corrected chi connectivity index (χ0v) is 17.6. The monoisotopic (exact) mass is 389 g/mol. The number of esters is 2. The van der Waals surface area contributed by atoms with Crippen molar-refractivity contribution in [3.05, 3.63) is 0 Å². The molecule has 0 N–H and O–H groups in total. The van der Waals surface area contributed by atoms with Crippen molar-refractivity contribution in [2.24, 2.45) is 5.92 Å². The molecule has 0 aliphatic rings. The molecular formula is C18H31NO6S. The average Bonchev–Trinajstić information content (AvgIpc) is 2.52. The lowest BCUT2D eigenvalue weighted by Crippen LogP contribution is -2.51. The summed E-state index contributed by atoms with van der Waals surface area (Å²) in [6.45, 7) is 9.81. The molecule has 0 aliphatic heterocycles. The van der Waals surface area contributed by atoms with Gasteiger partial charge in [-0.3, -0.25) is 14.4 Å². The van der Waals surface area contributed by atoms with Gasteiger partial charge in [0.1, 0.15) is 18.2 Å². The third-order valence-electron chi connectivity index (χ3n) is 3.37. The first-order valence-corrected chi connectivity index (χ1v) is 9.65. The van der Waals surface area contributed by atoms with Gasteiger partial charge >= 0.3 is 11.9 Å². The van der Waals surface area contributed by atoms with Crippen molar-refractivity contribution in [2.45, 2.75) is 66.0 Å². The second-order valence-electron chi connectivity index (χ2n) is 7.08. The number of hydrogen-bond acceptors (Lipinski definition) is 7. The fourth-order valence-electron chi connectivity index (χ4n) is 2.26. The van der Waals surface area contributed by atoms with Gasteiger partial charge in [0.25, 0.3) is 0 Å². The van der Waals surface area contributed by atoms with Gasteiger partial charge in [0.15, 0.2) is 5.12 Å². The summed E-state index contributed by atoms with van der Waals surface area (Å²) in [4.78, 5) is 49.7. The molecule has 0 aromatic heterocycles. The summed E-state index contributed by atoms with van der Waals surface area (Å²) in [6, 6.07) is -0.866. The lowest BCUT2D eigenvalue weighted by atomic mass is 10.1. The Bertz CT molecular complexity index is 514. The van der Waals surface area contributed by atoms with Gasteiger partial charge < -0.3 is 14.4 Å². The molecule has 0 aliphatic carbocycles. The molecule has 8 heteroatoms. The number of rotatable bonds is 9. The van der Waals surface area contributed by atoms with Crippen molar-refractivity contribution >= 4 is 34.7 Å². The van der Waals surface area contributed by atoms with Crippen LogP contribution in [0.4, 0.5) is 0 Å². The first kappa shape index (κ1) is 24.4. The molecule has 1 unspecified atom stereocenters. The maximum atomic E-state index is 12.9. The highest BCUT2D eigenvalue weighted by Gasteiger charge is 2.35. The molecule has 0 fully saturated rings. The Balaban J connectivity index is 5.48. The van der Waals surface area contributed by atoms with Crippen LogP contribution in [0.2, 0.25) is 0 Å². The molecule has 26 heavy (non-hydrogen) atoms. The molecule has 1 amide bonds. The van der Waals surface area contributed by atoms with E-state index in [9.17, 15) is 19.2 Å². The number of thioether (sulfide) groups is 1. The number of amides is 1. The molecule has 2 atom stereocenters. The summed E-state index contributed by atoms with van der Waals surface area (Å²) in [5.41, 5.74) is -0.701. The van der Waals surface area contributed by atoms with Gasteiger partial charge in [-0.1, -0.05) is 32.0 Å². The lowest BCUT2D eigenvalue weighted by molar-refractivity contribution is -0.164. The predicted molar refractivity (Wildman–Crippen MR) is 101 cm³/mol. The van der Waals surface area contributed by atoms with E-state index in [1.807, 2.05) is 6.92 Å². The normalized spacial score (nSPS) is 13.5. The average molecular weight is 390 g/mol. The number of carbonyl (C=O) groups is 4. The highest BCUT2D eigenvalue weighted by atomic mass is 32.2. The highest BCUT2D eigenvalue weighted by molar-refractivity contribution is 8.13. The van der Waals surface area contributed by atoms with Gasteiger partial charge in [0.2, 0.25) is 5.91 Å². The molecule has 150 valence electrons. The van der Waals surface area contributed by atoms with Crippen molar-refractivity contribution in [3.8, 4) is 0 Å². The second kappa shape index (κ2) is 11.2. The third kappa shape index (κ3) is 9.22. The van der Waals surface area contributed by atoms with Crippen LogP contribution >= 0.6 is 11.8 Å². The van der Waals surface area contributed by atoms with Crippen molar-refractivity contribution in [1.29, 1.82) is 0 Å². The minimum atomic E-state index is -0.866. The van der Waals surface area contributed by atoms with Crippen LogP contribution in [0.5, 0.6) is 0 Å². The van der Waals surface area contributed by atoms with Crippen LogP contribution in [0.25, 0.3) is 0 Å². The van der Waals surface area contributed by atoms with Gasteiger partial charge in [-0.2, -0.15) is 0 Å². The molecule has 0 heterocycles. The zero-order valence-electron chi connectivity index (χ0n) is 16.8. The van der Waals surface area contributed by atoms with Crippen LogP contribution in [-0.4, -0.2) is 58.9 Å². The first-order chi connectivity index (χ1) is 11.9. The minimum absolute atomic E-state index is 0.0959. The zero-order chi connectivity index (χ0) is 20.5. The molecule has 0 aromatic rings. The number of nitrogens with zero attached hydrogens (tertiary/aromatic N) is 1. The second-order valence-corrected chi connectivity index (χ2v) is 8.28. The van der Waals surface area contributed by atoms with E-state index < -0.39 is 29.5 Å². The number of ether oxygens (including phenoxy) is 2. The fourth-order valence-corrected chi connectivity index (χ4v) is 2.89. The van der Waals surface area contributed by atoms with Crippen molar-refractivity contribution in [2.75, 3.05) is 19.4 Å². The van der Waals surface area contributed by atoms with Gasteiger partial charge in [-0.15, -0.1) is 0 Å². The van der Waals surface area contributed by atoms with Crippen molar-refractivity contribution in [3.63, 3.8) is 0 Å². The fraction of sp³-hybridized carbons (Fsp3) is 0.778. The van der Waals surface area contributed by atoms with E-state index in [1.54, 1.807) is 27.7 Å². The van der Waals surface area contributed by atoms with Gasteiger partial charge in [0.05, 0.1) is 7.11 Å². The van der Waals surface area contributed by atoms with Crippen LogP contribution in [0, 0.1) is 5.92 Å². The summed E-state index contributed by atoms with van der Waals surface area (Å²) in [5, 5.41) is -0.0959. The van der Waals surface area contributed by atoms with E-state index in [4.69, 9.17) is 9.47 Å². The molecule has 0 rings (SSSR count). The van der Waals surface area contributed by atoms with Crippen LogP contribution < -0.4 is 0 Å². The van der Waals surface area contributed by atoms with E-state index in [1.165, 1.54) is 18.9 Å². The topological polar surface area (TPSA) is 90.0 Å². The van der Waals surface area contributed by atoms with Crippen molar-refractivity contribution < 1.29 is 28.7 Å². The third-order valence-corrected chi connectivity index (χ3v) is 4.45. The SMILES string of the molecule is CCC[C@H](C(=O)OC)N(CC(=O)OC(C)(C)C)C(=O)C(C)CSC(C)=O. The Morgan fingerprint density at radius 3 is 2.15 bits per heavy atom. The minimum Gasteiger partial charge on any atom is -0.467 e. The summed E-state index contributed by atoms with van der Waals surface area (Å²) < 4.78 is 10.1. The molecule has 0 spiro atoms. The van der Waals surface area contributed by atoms with E-state index in [2.05, 4.69) is 0 Å². The predicted octanol–water partition coefficient (Wildman–Crippen LogP) is 2.41. The standard InChI is InChI=1S/C18H31NO6S/c1-8-9-14(17(23)24-7)19(10-15(21)25-18(4,5)6)16(22)12(2)11-26-13(3)20/h12,14H,8-11H2,1-7H3/t12?,14-/m1/s1. The largest absolute Gasteiger partial charge is 0.467 e. The molecule has 0 aromatic carbocycles. The summed E-state index contributed by atoms with van der Waals surface area (Å²) >= 11 is 1.03. The summed E-state index contributed by atoms with van der Waals surface area (Å²) in [6.07, 6.45) is 1.00. The lowest BCUT2D eigenvalue weighted by Gasteiger charge is -2.32. The number of carbonyl (C=O) groups excluding carboxylic acids is 4. The summed E-state index contributed by atoms with van der Waals surface area (Å²) in [7, 11) is 1.25. The molecule has 0 saturated carbocycles. The first-order valence-electron chi connectivity index (χ1n) is 8.66. The highest BCUT2D eigenvalue weighted by Crippen LogP contribution is 2.18. The Labute approximate surface area is 160 Å². The molecule has 7 nitrogen and oxygen atoms in total. The van der Waals surface area contributed by atoms with Gasteiger partial charge in [-0.25, -0.2) is 4.79 Å². The summed E-state index contributed by atoms with van der Waals surface area (Å²) in [5.74, 6) is -1.81. The van der Waals surface area contributed by atoms with Crippen molar-refractivity contribution in [1.82, 2.24) is 4.90 Å². The molecule has 0 radical (unpaired) electrons. The Morgan fingerprint density at radius 2 is 1.73 bits per heavy atom. The molecule has 0 saturated heterocycles. The quantitative estimate of drug-likeness (QED) is 0.559. The van der Waals surface area contributed by atoms with Gasteiger partial charge in [-0.05, 0) is 27.2 Å². The Kier molecular flexibility index (Phi) is 10.5. The number of hydrogen-bond donors (Lipinski definition) is 0. The molecular weight excluding hydrogens is 358 g/mol. The number of methoxy groups -OCH3 is 1. The van der Waals surface area contributed by atoms with Crippen LogP contribution in [0.15, 0.2) is 0 Å². The van der Waals surface area contributed by atoms with Crippen LogP contribution in [0.3, 0.4) is 0 Å². The van der Waals surface area contributed by atoms with E-state index >= 15 is 0 Å². The van der Waals surface area contributed by atoms with E-state index in [0.717, 1.165) is 11.8 Å². The maximum Gasteiger partial charge on any atom is 0.328 e. The molecule has 0 bridgehead atoms. The van der Waals surface area contributed by atoms with Gasteiger partial charge in [0, 0.05) is 18.6 Å².